The Morgan fingerprint density at radius 1 is 1.50 bits per heavy atom. The smallest absolute Gasteiger partial charge is 0.344 e. The number of hydrogen-bond donors (Lipinski definition) is 0. The van der Waals surface area contributed by atoms with Crippen molar-refractivity contribution in [2.75, 3.05) is 7.05 Å². The van der Waals surface area contributed by atoms with Gasteiger partial charge in [0.25, 0.3) is 0 Å². The maximum Gasteiger partial charge on any atom is 0.344 e. The van der Waals surface area contributed by atoms with Crippen LogP contribution in [0.1, 0.15) is 37.4 Å². The highest BCUT2D eigenvalue weighted by Crippen LogP contribution is 2.38. The SMILES string of the molecule is CC1=NS(=O)(=O)N(C)C=C1C(=O)OCc1noc(C2CC2)n1. The molecule has 3 rings (SSSR count). The molecule has 10 heteroatoms. The van der Waals surface area contributed by atoms with Gasteiger partial charge in [0.2, 0.25) is 11.7 Å². The zero-order valence-electron chi connectivity index (χ0n) is 12.0. The Bertz CT molecular complexity index is 775. The van der Waals surface area contributed by atoms with Crippen molar-refractivity contribution in [1.82, 2.24) is 14.4 Å². The maximum atomic E-state index is 12.0. The molecule has 0 saturated heterocycles. The lowest BCUT2D eigenvalue weighted by molar-refractivity contribution is -0.140. The molecule has 0 spiro atoms. The number of hydrogen-bond acceptors (Lipinski definition) is 7. The first-order chi connectivity index (χ1) is 10.4. The second kappa shape index (κ2) is 5.20. The number of aromatic nitrogens is 2. The van der Waals surface area contributed by atoms with E-state index in [2.05, 4.69) is 14.5 Å². The summed E-state index contributed by atoms with van der Waals surface area (Å²) in [7, 11) is -2.45. The molecule has 0 bridgehead atoms. The molecule has 0 radical (unpaired) electrons. The third-order valence-corrected chi connectivity index (χ3v) is 4.62. The number of carbonyl (C=O) groups is 1. The zero-order chi connectivity index (χ0) is 15.9. The van der Waals surface area contributed by atoms with Crippen molar-refractivity contribution in [1.29, 1.82) is 0 Å². The summed E-state index contributed by atoms with van der Waals surface area (Å²) in [6.07, 6.45) is 3.24. The monoisotopic (exact) mass is 326 g/mol. The van der Waals surface area contributed by atoms with Gasteiger partial charge in [0, 0.05) is 19.2 Å². The van der Waals surface area contributed by atoms with E-state index in [0.717, 1.165) is 17.1 Å². The summed E-state index contributed by atoms with van der Waals surface area (Å²) >= 11 is 0. The van der Waals surface area contributed by atoms with E-state index in [-0.39, 0.29) is 23.7 Å². The second-order valence-electron chi connectivity index (χ2n) is 5.11. The fourth-order valence-electron chi connectivity index (χ4n) is 1.86. The predicted octanol–water partition coefficient (Wildman–Crippen LogP) is 0.525. The highest BCUT2D eigenvalue weighted by Gasteiger charge is 2.30. The van der Waals surface area contributed by atoms with Gasteiger partial charge >= 0.3 is 16.2 Å². The van der Waals surface area contributed by atoms with Crippen molar-refractivity contribution in [3.05, 3.63) is 23.5 Å². The lowest BCUT2D eigenvalue weighted by Crippen LogP contribution is -2.29. The van der Waals surface area contributed by atoms with E-state index < -0.39 is 16.2 Å². The van der Waals surface area contributed by atoms with E-state index in [0.29, 0.717) is 11.8 Å². The Hall–Kier alpha value is -2.23. The van der Waals surface area contributed by atoms with Crippen LogP contribution in [0.25, 0.3) is 0 Å². The molecule has 1 fully saturated rings. The first kappa shape index (κ1) is 14.7. The van der Waals surface area contributed by atoms with Crippen molar-refractivity contribution in [2.45, 2.75) is 32.3 Å². The topological polar surface area (TPSA) is 115 Å². The Kier molecular flexibility index (Phi) is 3.47. The van der Waals surface area contributed by atoms with Crippen molar-refractivity contribution in [3.8, 4) is 0 Å². The molecule has 0 N–H and O–H groups in total. The first-order valence-corrected chi connectivity index (χ1v) is 8.03. The Balaban J connectivity index is 1.65. The van der Waals surface area contributed by atoms with E-state index in [1.807, 2.05) is 0 Å². The Morgan fingerprint density at radius 3 is 2.91 bits per heavy atom. The third-order valence-electron chi connectivity index (χ3n) is 3.28. The van der Waals surface area contributed by atoms with Crippen LogP contribution in [0.15, 0.2) is 20.7 Å². The van der Waals surface area contributed by atoms with Crippen LogP contribution in [-0.4, -0.2) is 41.6 Å². The number of carbonyl (C=O) groups excluding carboxylic acids is 1. The Morgan fingerprint density at radius 2 is 2.23 bits per heavy atom. The van der Waals surface area contributed by atoms with Crippen molar-refractivity contribution >= 4 is 21.9 Å². The van der Waals surface area contributed by atoms with Gasteiger partial charge in [-0.2, -0.15) is 13.4 Å². The lowest BCUT2D eigenvalue weighted by Gasteiger charge is -2.18. The minimum absolute atomic E-state index is 0.0724. The van der Waals surface area contributed by atoms with Gasteiger partial charge in [-0.3, -0.25) is 4.31 Å². The quantitative estimate of drug-likeness (QED) is 0.741. The summed E-state index contributed by atoms with van der Waals surface area (Å²) in [4.78, 5) is 16.1. The van der Waals surface area contributed by atoms with Crippen LogP contribution >= 0.6 is 0 Å². The molecule has 1 saturated carbocycles. The predicted molar refractivity (Wildman–Crippen MR) is 73.9 cm³/mol. The van der Waals surface area contributed by atoms with E-state index in [1.165, 1.54) is 20.2 Å². The van der Waals surface area contributed by atoms with E-state index >= 15 is 0 Å². The molecule has 9 nitrogen and oxygen atoms in total. The van der Waals surface area contributed by atoms with Crippen molar-refractivity contribution < 1.29 is 22.5 Å². The van der Waals surface area contributed by atoms with Crippen LogP contribution in [0.4, 0.5) is 0 Å². The van der Waals surface area contributed by atoms with Gasteiger partial charge in [0.1, 0.15) is 0 Å². The molecule has 1 aromatic rings. The standard InChI is InChI=1S/C12H14N4O5S/c1-7-9(5-16(2)22(18,19)15-7)12(17)20-6-10-13-11(21-14-10)8-3-4-8/h5,8H,3-4,6H2,1-2H3. The maximum absolute atomic E-state index is 12.0. The molecular weight excluding hydrogens is 312 g/mol. The molecule has 1 aromatic heterocycles. The molecular formula is C12H14N4O5S. The summed E-state index contributed by atoms with van der Waals surface area (Å²) in [5.74, 6) is 0.473. The normalized spacial score (nSPS) is 20.4. The van der Waals surface area contributed by atoms with Crippen LogP contribution in [0.2, 0.25) is 0 Å². The fraction of sp³-hybridized carbons (Fsp3) is 0.500. The fourth-order valence-corrected chi connectivity index (χ4v) is 2.67. The van der Waals surface area contributed by atoms with Crippen LogP contribution in [-0.2, 0) is 26.3 Å². The number of nitrogens with zero attached hydrogens (tertiary/aromatic N) is 4. The molecule has 118 valence electrons. The van der Waals surface area contributed by atoms with Gasteiger partial charge in [-0.05, 0) is 19.8 Å². The molecule has 2 aliphatic rings. The largest absolute Gasteiger partial charge is 0.454 e. The molecule has 0 amide bonds. The number of rotatable bonds is 4. The van der Waals surface area contributed by atoms with Crippen LogP contribution in [0.5, 0.6) is 0 Å². The second-order valence-corrected chi connectivity index (χ2v) is 6.77. The summed E-state index contributed by atoms with van der Waals surface area (Å²) in [6.45, 7) is 1.29. The van der Waals surface area contributed by atoms with E-state index in [9.17, 15) is 13.2 Å². The van der Waals surface area contributed by atoms with Crippen LogP contribution < -0.4 is 0 Å². The molecule has 2 heterocycles. The molecule has 0 unspecified atom stereocenters. The average molecular weight is 326 g/mol. The van der Waals surface area contributed by atoms with Gasteiger partial charge in [-0.1, -0.05) is 5.16 Å². The molecule has 0 aromatic carbocycles. The summed E-state index contributed by atoms with van der Waals surface area (Å²) < 4.78 is 37.5. The van der Waals surface area contributed by atoms with Gasteiger partial charge in [0.15, 0.2) is 6.61 Å². The highest BCUT2D eigenvalue weighted by molar-refractivity contribution is 7.88. The van der Waals surface area contributed by atoms with Gasteiger partial charge in [-0.25, -0.2) is 4.79 Å². The molecule has 1 aliphatic heterocycles. The molecule has 0 atom stereocenters. The summed E-state index contributed by atoms with van der Waals surface area (Å²) in [5.41, 5.74) is 0.151. The van der Waals surface area contributed by atoms with E-state index in [4.69, 9.17) is 9.26 Å². The Labute approximate surface area is 126 Å². The van der Waals surface area contributed by atoms with Gasteiger partial charge in [0.05, 0.1) is 11.3 Å². The van der Waals surface area contributed by atoms with Crippen LogP contribution in [0, 0.1) is 0 Å². The minimum Gasteiger partial charge on any atom is -0.454 e. The first-order valence-electron chi connectivity index (χ1n) is 6.63. The van der Waals surface area contributed by atoms with Crippen molar-refractivity contribution in [3.63, 3.8) is 0 Å². The summed E-state index contributed by atoms with van der Waals surface area (Å²) in [6, 6.07) is 0. The lowest BCUT2D eigenvalue weighted by atomic mass is 10.2. The number of ether oxygens (including phenoxy) is 1. The zero-order valence-corrected chi connectivity index (χ0v) is 12.8. The van der Waals surface area contributed by atoms with Gasteiger partial charge < -0.3 is 9.26 Å². The highest BCUT2D eigenvalue weighted by atomic mass is 32.2. The van der Waals surface area contributed by atoms with Gasteiger partial charge in [-0.15, -0.1) is 4.40 Å². The summed E-state index contributed by atoms with van der Waals surface area (Å²) in [5, 5.41) is 3.73. The molecule has 22 heavy (non-hydrogen) atoms. The minimum atomic E-state index is -3.75. The van der Waals surface area contributed by atoms with Crippen molar-refractivity contribution in [2.24, 2.45) is 4.40 Å². The van der Waals surface area contributed by atoms with E-state index in [1.54, 1.807) is 0 Å². The molecule has 1 aliphatic carbocycles. The number of esters is 1. The average Bonchev–Trinajstić information content (AvgIpc) is 3.19. The third kappa shape index (κ3) is 2.86. The van der Waals surface area contributed by atoms with Crippen LogP contribution in [0.3, 0.4) is 0 Å².